The molecular formula is C88H134O9. The van der Waals surface area contributed by atoms with Crippen molar-refractivity contribution >= 4 is 29.7 Å². The van der Waals surface area contributed by atoms with Crippen LogP contribution in [0.15, 0.2) is 78.9 Å². The molecule has 4 aromatic carbocycles. The number of benzene rings is 4. The molecule has 0 saturated heterocycles. The summed E-state index contributed by atoms with van der Waals surface area (Å²) in [6, 6.07) is 29.2. The Kier molecular flexibility index (Phi) is 29.3. The molecule has 4 saturated carbocycles. The second-order valence-electron chi connectivity index (χ2n) is 31.3. The van der Waals surface area contributed by atoms with E-state index < -0.39 is 5.41 Å². The molecule has 8 aliphatic rings. The number of aryl methyl sites for hydroxylation is 3. The van der Waals surface area contributed by atoms with E-state index in [0.29, 0.717) is 47.8 Å². The number of hydrogen-bond acceptors (Lipinski definition) is 9. The summed E-state index contributed by atoms with van der Waals surface area (Å²) in [5.74, 6) is 3.26. The molecule has 97 heavy (non-hydrogen) atoms. The van der Waals surface area contributed by atoms with Crippen molar-refractivity contribution in [2.45, 2.75) is 307 Å². The summed E-state index contributed by atoms with van der Waals surface area (Å²) in [6.45, 7) is 44.6. The minimum absolute atomic E-state index is 0.00977. The van der Waals surface area contributed by atoms with Crippen LogP contribution < -0.4 is 0 Å². The summed E-state index contributed by atoms with van der Waals surface area (Å²) in [7, 11) is 6.04. The summed E-state index contributed by atoms with van der Waals surface area (Å²) in [6.07, 6.45) is 19.6. The van der Waals surface area contributed by atoms with Crippen LogP contribution in [0.5, 0.6) is 0 Å². The van der Waals surface area contributed by atoms with E-state index in [0.717, 1.165) is 107 Å². The molecule has 0 heterocycles. The van der Waals surface area contributed by atoms with Crippen molar-refractivity contribution in [2.75, 3.05) is 28.4 Å². The lowest BCUT2D eigenvalue weighted by atomic mass is 9.49. The predicted octanol–water partition coefficient (Wildman–Crippen LogP) is 22.4. The fraction of sp³-hybridized carbons (Fsp3) is 0.670. The van der Waals surface area contributed by atoms with Gasteiger partial charge in [-0.05, 0) is 243 Å². The molecule has 12 unspecified atom stereocenters. The lowest BCUT2D eigenvalue weighted by Gasteiger charge is -2.54. The molecule has 0 N–H and O–H groups in total. The molecule has 4 fully saturated rings. The van der Waals surface area contributed by atoms with Crippen molar-refractivity contribution in [1.82, 2.24) is 0 Å². The van der Waals surface area contributed by atoms with Crippen LogP contribution in [0, 0.1) is 45.3 Å². The van der Waals surface area contributed by atoms with Gasteiger partial charge in [-0.3, -0.25) is 24.0 Å². The molecule has 9 heteroatoms. The second-order valence-corrected chi connectivity index (χ2v) is 31.3. The van der Waals surface area contributed by atoms with Gasteiger partial charge in [0, 0.05) is 12.0 Å². The zero-order valence-electron chi connectivity index (χ0n) is 65.7. The highest BCUT2D eigenvalue weighted by Gasteiger charge is 2.59. The SMILES string of the molecule is CC.CC.CC.CC.COC(=O)C1(C)CCCC2(C)c3ccc(C(C)C)cc3C(=O)CC12.COC(=O)C1(C)CCCC2(C)c3ccc(C(C)C)cc3CCC12.COC(=O)C1(C)CCCC2(C)c3ccccc3CCC12.COC(=O)C1(C)CCCC2c3ccc(C(C)C)cc3CCC21. The number of ketones is 1. The minimum atomic E-state index is -0.578. The van der Waals surface area contributed by atoms with Gasteiger partial charge < -0.3 is 18.9 Å². The Balaban J connectivity index is 0.000000226. The molecule has 0 bridgehead atoms. The number of ether oxygens (including phenoxy) is 4. The van der Waals surface area contributed by atoms with Gasteiger partial charge in [0.1, 0.15) is 0 Å². The summed E-state index contributed by atoms with van der Waals surface area (Å²) in [5, 5.41) is 0. The lowest BCUT2D eigenvalue weighted by Crippen LogP contribution is -2.53. The first kappa shape index (κ1) is 82.1. The van der Waals surface area contributed by atoms with Crippen LogP contribution in [-0.2, 0) is 73.6 Å². The van der Waals surface area contributed by atoms with Crippen molar-refractivity contribution in [3.05, 3.63) is 140 Å². The van der Waals surface area contributed by atoms with Crippen LogP contribution in [0.4, 0.5) is 0 Å². The summed E-state index contributed by atoms with van der Waals surface area (Å²) in [5.41, 5.74) is 13.5. The quantitative estimate of drug-likeness (QED) is 0.131. The van der Waals surface area contributed by atoms with Crippen molar-refractivity contribution in [3.63, 3.8) is 0 Å². The number of Topliss-reactive ketones (excluding diaryl/α,β-unsaturated/α-hetero) is 1. The normalized spacial score (nSPS) is 30.4. The number of carbonyl (C=O) groups is 5. The zero-order chi connectivity index (χ0) is 72.8. The van der Waals surface area contributed by atoms with Gasteiger partial charge in [-0.1, -0.05) is 216 Å². The van der Waals surface area contributed by atoms with Gasteiger partial charge >= 0.3 is 23.9 Å². The fourth-order valence-electron chi connectivity index (χ4n) is 20.1. The van der Waals surface area contributed by atoms with Gasteiger partial charge in [0.2, 0.25) is 0 Å². The zero-order valence-corrected chi connectivity index (χ0v) is 65.7. The molecule has 540 valence electrons. The van der Waals surface area contributed by atoms with Gasteiger partial charge in [-0.2, -0.15) is 0 Å². The number of carbonyl (C=O) groups excluding carboxylic acids is 5. The first-order chi connectivity index (χ1) is 46.1. The highest BCUT2D eigenvalue weighted by Crippen LogP contribution is 2.61. The van der Waals surface area contributed by atoms with Gasteiger partial charge in [-0.15, -0.1) is 0 Å². The third-order valence-electron chi connectivity index (χ3n) is 25.3. The summed E-state index contributed by atoms with van der Waals surface area (Å²) < 4.78 is 20.6. The van der Waals surface area contributed by atoms with Crippen LogP contribution >= 0.6 is 0 Å². The van der Waals surface area contributed by atoms with Gasteiger partial charge in [-0.25, -0.2) is 0 Å². The van der Waals surface area contributed by atoms with Gasteiger partial charge in [0.25, 0.3) is 0 Å². The standard InChI is InChI=1S/C21H28O3.C21H30O2.C20H28O2.C18H24O2.4C2H6/c1-13(2)14-7-8-16-15(11-14)17(22)12-18-20(16,3)9-6-10-21(18,4)19(23)24-5;1-14(2)15-7-9-17-16(13-15)8-10-18-20(17,3)11-6-12-21(18,4)19(22)23-5;1-13(2)14-7-9-16-15(12-14)8-10-18-17(16)6-5-11-20(18,3)19(21)22-4;1-17-11-6-12-18(2,16(19)20-3)15(17)10-9-13-7-4-5-8-14(13)17;4*1-2/h7-8,11,13,18H,6,9-10,12H2,1-5H3;7,9,13-14,18H,6,8,10-12H2,1-5H3;7,9,12-13,17-18H,5-6,8,10-11H2,1-4H3;4-5,7-8,15H,6,9-12H2,1-3H3;4*1-2H3. The average Bonchev–Trinajstić information content (AvgIpc) is 0.732. The van der Waals surface area contributed by atoms with E-state index in [1.807, 2.05) is 62.3 Å². The molecule has 8 aliphatic carbocycles. The third kappa shape index (κ3) is 16.0. The van der Waals surface area contributed by atoms with Crippen molar-refractivity contribution < 1.29 is 42.9 Å². The van der Waals surface area contributed by atoms with Crippen LogP contribution in [0.25, 0.3) is 0 Å². The van der Waals surface area contributed by atoms with Crippen LogP contribution in [0.1, 0.15) is 338 Å². The Morgan fingerprint density at radius 3 is 1.24 bits per heavy atom. The maximum atomic E-state index is 12.9. The Hall–Kier alpha value is -5.57. The first-order valence-corrected chi connectivity index (χ1v) is 38.4. The predicted molar refractivity (Wildman–Crippen MR) is 402 cm³/mol. The van der Waals surface area contributed by atoms with E-state index >= 15 is 0 Å². The van der Waals surface area contributed by atoms with E-state index in [4.69, 9.17) is 18.9 Å². The van der Waals surface area contributed by atoms with E-state index in [2.05, 4.69) is 162 Å². The minimum Gasteiger partial charge on any atom is -0.469 e. The molecule has 0 aliphatic heterocycles. The number of esters is 4. The fourth-order valence-corrected chi connectivity index (χ4v) is 20.1. The molecule has 0 aromatic heterocycles. The number of hydrogen-bond donors (Lipinski definition) is 0. The maximum absolute atomic E-state index is 12.9. The van der Waals surface area contributed by atoms with Gasteiger partial charge in [0.15, 0.2) is 5.78 Å². The molecular weight excluding hydrogens is 1200 g/mol. The van der Waals surface area contributed by atoms with Crippen LogP contribution in [0.3, 0.4) is 0 Å². The molecule has 0 spiro atoms. The number of rotatable bonds is 7. The maximum Gasteiger partial charge on any atom is 0.311 e. The molecule has 0 amide bonds. The van der Waals surface area contributed by atoms with E-state index in [-0.39, 0.29) is 68.1 Å². The van der Waals surface area contributed by atoms with Crippen LogP contribution in [-0.4, -0.2) is 58.1 Å². The first-order valence-electron chi connectivity index (χ1n) is 38.4. The molecule has 12 rings (SSSR count). The van der Waals surface area contributed by atoms with E-state index in [9.17, 15) is 24.0 Å². The van der Waals surface area contributed by atoms with Gasteiger partial charge in [0.05, 0.1) is 50.1 Å². The van der Waals surface area contributed by atoms with Crippen molar-refractivity contribution in [2.24, 2.45) is 45.3 Å². The molecule has 0 radical (unpaired) electrons. The van der Waals surface area contributed by atoms with E-state index in [1.165, 1.54) is 97.8 Å². The van der Waals surface area contributed by atoms with Crippen LogP contribution in [0.2, 0.25) is 0 Å². The molecule has 12 atom stereocenters. The summed E-state index contributed by atoms with van der Waals surface area (Å²) >= 11 is 0. The number of methoxy groups -OCH3 is 4. The Morgan fingerprint density at radius 1 is 0.392 bits per heavy atom. The molecule has 4 aromatic rings. The average molecular weight is 1340 g/mol. The monoisotopic (exact) mass is 1340 g/mol. The third-order valence-corrected chi connectivity index (χ3v) is 25.3. The Morgan fingerprint density at radius 2 is 0.763 bits per heavy atom. The summed E-state index contributed by atoms with van der Waals surface area (Å²) in [4.78, 5) is 62.7. The second kappa shape index (κ2) is 34.7. The smallest absolute Gasteiger partial charge is 0.311 e. The number of fused-ring (bicyclic) bond motifs is 12. The van der Waals surface area contributed by atoms with Crippen molar-refractivity contribution in [1.29, 1.82) is 0 Å². The van der Waals surface area contributed by atoms with Crippen molar-refractivity contribution in [3.8, 4) is 0 Å². The largest absolute Gasteiger partial charge is 0.469 e. The molecule has 9 nitrogen and oxygen atoms in total. The highest BCUT2D eigenvalue weighted by molar-refractivity contribution is 6.00. The van der Waals surface area contributed by atoms with E-state index in [1.54, 1.807) is 0 Å². The Labute approximate surface area is 590 Å². The highest BCUT2D eigenvalue weighted by atomic mass is 16.5. The lowest BCUT2D eigenvalue weighted by molar-refractivity contribution is -0.162. The topological polar surface area (TPSA) is 122 Å². The Bertz CT molecular complexity index is 3280.